The summed E-state index contributed by atoms with van der Waals surface area (Å²) in [5.74, 6) is -0.281. The largest absolute Gasteiger partial charge is 0.349 e. The number of pyridine rings is 1. The molecule has 2 N–H and O–H groups in total. The van der Waals surface area contributed by atoms with Gasteiger partial charge in [-0.3, -0.25) is 14.6 Å². The molecule has 1 unspecified atom stereocenters. The van der Waals surface area contributed by atoms with E-state index in [-0.39, 0.29) is 30.2 Å². The second-order valence-electron chi connectivity index (χ2n) is 8.21. The summed E-state index contributed by atoms with van der Waals surface area (Å²) in [5, 5.41) is 10.0. The molecule has 1 aliphatic rings. The molecule has 1 amide bonds. The van der Waals surface area contributed by atoms with Crippen LogP contribution >= 0.6 is 11.6 Å². The van der Waals surface area contributed by atoms with Gasteiger partial charge < -0.3 is 15.2 Å². The summed E-state index contributed by atoms with van der Waals surface area (Å²) in [7, 11) is 1.98. The van der Waals surface area contributed by atoms with Gasteiger partial charge in [0.15, 0.2) is 0 Å². The van der Waals surface area contributed by atoms with E-state index >= 15 is 0 Å². The minimum Gasteiger partial charge on any atom is -0.349 e. The van der Waals surface area contributed by atoms with Gasteiger partial charge in [-0.1, -0.05) is 29.8 Å². The van der Waals surface area contributed by atoms with Crippen molar-refractivity contribution >= 4 is 29.4 Å². The molecular formula is C25H30ClN5O2. The van der Waals surface area contributed by atoms with Gasteiger partial charge in [-0.05, 0) is 57.0 Å². The van der Waals surface area contributed by atoms with Gasteiger partial charge in [0.05, 0.1) is 6.21 Å². The predicted octanol–water partition coefficient (Wildman–Crippen LogP) is 3.91. The summed E-state index contributed by atoms with van der Waals surface area (Å²) in [5.41, 5.74) is 3.94. The van der Waals surface area contributed by atoms with Crippen LogP contribution < -0.4 is 10.9 Å². The monoisotopic (exact) mass is 467 g/mol. The number of amides is 1. The van der Waals surface area contributed by atoms with Gasteiger partial charge in [0.1, 0.15) is 6.17 Å². The predicted molar refractivity (Wildman–Crippen MR) is 134 cm³/mol. The van der Waals surface area contributed by atoms with Crippen LogP contribution in [-0.4, -0.2) is 46.3 Å². The summed E-state index contributed by atoms with van der Waals surface area (Å²) >= 11 is 6.07. The molecule has 0 fully saturated rings. The number of allylic oxidation sites excluding steroid dienone is 1. The van der Waals surface area contributed by atoms with Crippen molar-refractivity contribution in [3.63, 3.8) is 0 Å². The van der Waals surface area contributed by atoms with Crippen LogP contribution in [0.4, 0.5) is 0 Å². The van der Waals surface area contributed by atoms with E-state index in [0.29, 0.717) is 10.6 Å². The lowest BCUT2D eigenvalue weighted by molar-refractivity contribution is -0.116. The van der Waals surface area contributed by atoms with Gasteiger partial charge in [-0.2, -0.15) is 5.10 Å². The molecule has 2 aromatic rings. The van der Waals surface area contributed by atoms with Crippen molar-refractivity contribution in [2.24, 2.45) is 5.10 Å². The summed E-state index contributed by atoms with van der Waals surface area (Å²) in [6.07, 6.45) is 6.63. The van der Waals surface area contributed by atoms with Crippen LogP contribution in [0.3, 0.4) is 0 Å². The fourth-order valence-electron chi connectivity index (χ4n) is 3.88. The maximum absolute atomic E-state index is 12.8. The number of H-pyrrole nitrogens is 1. The van der Waals surface area contributed by atoms with E-state index in [9.17, 15) is 9.59 Å². The van der Waals surface area contributed by atoms with Crippen molar-refractivity contribution in [2.45, 2.75) is 46.4 Å². The average molecular weight is 468 g/mol. The smallest absolute Gasteiger partial charge is 0.253 e. The Labute approximate surface area is 199 Å². The number of aromatic amines is 1. The zero-order chi connectivity index (χ0) is 24.1. The van der Waals surface area contributed by atoms with Crippen molar-refractivity contribution in [1.82, 2.24) is 20.2 Å². The van der Waals surface area contributed by atoms with Crippen molar-refractivity contribution < 1.29 is 4.79 Å². The van der Waals surface area contributed by atoms with Crippen LogP contribution in [0.25, 0.3) is 5.70 Å². The number of nitrogens with one attached hydrogen (secondary N) is 2. The molecule has 0 radical (unpaired) electrons. The topological polar surface area (TPSA) is 80.8 Å². The molecule has 33 heavy (non-hydrogen) atoms. The van der Waals surface area contributed by atoms with Gasteiger partial charge in [-0.25, -0.2) is 0 Å². The third-order valence-corrected chi connectivity index (χ3v) is 5.87. The highest BCUT2D eigenvalue weighted by Crippen LogP contribution is 2.29. The van der Waals surface area contributed by atoms with Crippen molar-refractivity contribution in [2.75, 3.05) is 7.05 Å². The standard InChI is InChI=1S/C25H30ClN5O2/c1-6-22(18-7-9-20(26)10-8-18)30(5)25-19(14-29-31(25)16(2)3)13-23(32)28-15-21-17(4)11-12-27-24(21)33/h6-14,16,25H,15H2,1-5H3,(H,27,33)(H,28,32). The van der Waals surface area contributed by atoms with Crippen LogP contribution in [0.1, 0.15) is 37.5 Å². The van der Waals surface area contributed by atoms with Crippen LogP contribution in [0, 0.1) is 6.92 Å². The molecule has 7 nitrogen and oxygen atoms in total. The molecule has 2 heterocycles. The Hall–Kier alpha value is -3.32. The Morgan fingerprint density at radius 1 is 1.30 bits per heavy atom. The number of hydrogen-bond acceptors (Lipinski definition) is 5. The van der Waals surface area contributed by atoms with Gasteiger partial charge in [0.2, 0.25) is 5.91 Å². The molecule has 1 atom stereocenters. The number of benzene rings is 1. The Kier molecular flexibility index (Phi) is 7.76. The second kappa shape index (κ2) is 10.5. The number of rotatable bonds is 7. The highest BCUT2D eigenvalue weighted by Gasteiger charge is 2.33. The fourth-order valence-corrected chi connectivity index (χ4v) is 4.00. The molecule has 1 aromatic heterocycles. The Balaban J connectivity index is 1.84. The molecule has 1 aromatic carbocycles. The number of aryl methyl sites for hydroxylation is 1. The van der Waals surface area contributed by atoms with Crippen LogP contribution in [0.5, 0.6) is 0 Å². The normalized spacial score (nSPS) is 17.2. The maximum atomic E-state index is 12.8. The first-order chi connectivity index (χ1) is 15.7. The number of halogens is 1. The number of hydrogen-bond donors (Lipinski definition) is 2. The molecule has 1 aliphatic heterocycles. The molecule has 0 saturated carbocycles. The summed E-state index contributed by atoms with van der Waals surface area (Å²) in [6, 6.07) is 9.59. The van der Waals surface area contributed by atoms with E-state index in [4.69, 9.17) is 11.6 Å². The lowest BCUT2D eigenvalue weighted by Crippen LogP contribution is -2.45. The summed E-state index contributed by atoms with van der Waals surface area (Å²) in [4.78, 5) is 29.6. The summed E-state index contributed by atoms with van der Waals surface area (Å²) in [6.45, 7) is 8.10. The number of nitrogens with zero attached hydrogens (tertiary/aromatic N) is 3. The number of carbonyl (C=O) groups is 1. The zero-order valence-corrected chi connectivity index (χ0v) is 20.3. The summed E-state index contributed by atoms with van der Waals surface area (Å²) < 4.78 is 0. The lowest BCUT2D eigenvalue weighted by atomic mass is 10.1. The van der Waals surface area contributed by atoms with E-state index in [1.807, 2.05) is 62.3 Å². The molecule has 3 rings (SSSR count). The average Bonchev–Trinajstić information content (AvgIpc) is 3.19. The fraction of sp³-hybridized carbons (Fsp3) is 0.320. The first-order valence-corrected chi connectivity index (χ1v) is 11.2. The second-order valence-corrected chi connectivity index (χ2v) is 8.65. The van der Waals surface area contributed by atoms with Gasteiger partial charge in [0, 0.05) is 53.8 Å². The first-order valence-electron chi connectivity index (χ1n) is 10.9. The Morgan fingerprint density at radius 2 is 2.00 bits per heavy atom. The van der Waals surface area contributed by atoms with Gasteiger partial charge >= 0.3 is 0 Å². The number of carbonyl (C=O) groups excluding carboxylic acids is 1. The SMILES string of the molecule is CC=C(c1ccc(Cl)cc1)N(C)C1C(=CC(=O)NCc2c(C)cc[nH]c2=O)C=NN1C(C)C. The van der Waals surface area contributed by atoms with E-state index in [1.54, 1.807) is 18.5 Å². The van der Waals surface area contributed by atoms with E-state index < -0.39 is 0 Å². The third-order valence-electron chi connectivity index (χ3n) is 5.61. The first kappa shape index (κ1) is 24.3. The van der Waals surface area contributed by atoms with Crippen LogP contribution in [-0.2, 0) is 11.3 Å². The molecular weight excluding hydrogens is 438 g/mol. The van der Waals surface area contributed by atoms with Crippen molar-refractivity contribution in [3.05, 3.63) is 86.3 Å². The zero-order valence-electron chi connectivity index (χ0n) is 19.6. The van der Waals surface area contributed by atoms with E-state index in [0.717, 1.165) is 22.4 Å². The third kappa shape index (κ3) is 5.54. The van der Waals surface area contributed by atoms with Crippen molar-refractivity contribution in [1.29, 1.82) is 0 Å². The van der Waals surface area contributed by atoms with Crippen LogP contribution in [0.2, 0.25) is 5.02 Å². The minimum absolute atomic E-state index is 0.122. The van der Waals surface area contributed by atoms with Gasteiger partial charge in [0.25, 0.3) is 5.56 Å². The number of hydrazone groups is 1. The van der Waals surface area contributed by atoms with E-state index in [1.165, 1.54) is 0 Å². The Bertz CT molecular complexity index is 1150. The molecule has 0 spiro atoms. The number of likely N-dealkylation sites (N-methyl/N-ethyl adjacent to an activating group) is 1. The molecule has 174 valence electrons. The quantitative estimate of drug-likeness (QED) is 0.605. The van der Waals surface area contributed by atoms with Crippen LogP contribution in [0.15, 0.2) is 64.1 Å². The highest BCUT2D eigenvalue weighted by molar-refractivity contribution is 6.30. The molecule has 0 saturated heterocycles. The minimum atomic E-state index is -0.281. The highest BCUT2D eigenvalue weighted by atomic mass is 35.5. The van der Waals surface area contributed by atoms with Crippen molar-refractivity contribution in [3.8, 4) is 0 Å². The molecule has 0 bridgehead atoms. The molecule has 0 aliphatic carbocycles. The van der Waals surface area contributed by atoms with Gasteiger partial charge in [-0.15, -0.1) is 0 Å². The van der Waals surface area contributed by atoms with E-state index in [2.05, 4.69) is 34.1 Å². The Morgan fingerprint density at radius 3 is 2.61 bits per heavy atom. The molecule has 8 heteroatoms. The lowest BCUT2D eigenvalue weighted by Gasteiger charge is -2.37. The number of aromatic nitrogens is 1. The maximum Gasteiger partial charge on any atom is 0.253 e.